The van der Waals surface area contributed by atoms with E-state index in [2.05, 4.69) is 15.6 Å². The number of hydrogen-bond acceptors (Lipinski definition) is 6. The number of thiazole rings is 1. The highest BCUT2D eigenvalue weighted by atomic mass is 32.1. The Kier molecular flexibility index (Phi) is 7.34. The summed E-state index contributed by atoms with van der Waals surface area (Å²) in [5.41, 5.74) is 7.54. The van der Waals surface area contributed by atoms with Gasteiger partial charge in [0.15, 0.2) is 5.13 Å². The largest absolute Gasteiger partial charge is 0.371 e. The Morgan fingerprint density at radius 3 is 2.44 bits per heavy atom. The molecular formula is C25H26N4O4S. The molecule has 3 amide bonds. The van der Waals surface area contributed by atoms with E-state index in [-0.39, 0.29) is 24.0 Å². The lowest BCUT2D eigenvalue weighted by molar-refractivity contribution is 0.0272. The van der Waals surface area contributed by atoms with Crippen molar-refractivity contribution in [3.8, 4) is 0 Å². The summed E-state index contributed by atoms with van der Waals surface area (Å²) in [5, 5.41) is 6.13. The van der Waals surface area contributed by atoms with Crippen LogP contribution in [0.3, 0.4) is 0 Å². The third-order valence-electron chi connectivity index (χ3n) is 5.73. The average molecular weight is 479 g/mol. The van der Waals surface area contributed by atoms with Crippen LogP contribution < -0.4 is 16.4 Å². The summed E-state index contributed by atoms with van der Waals surface area (Å²) in [4.78, 5) is 41.5. The fourth-order valence-corrected chi connectivity index (χ4v) is 4.78. The molecule has 0 aliphatic heterocycles. The first-order chi connectivity index (χ1) is 16.4. The quantitative estimate of drug-likeness (QED) is 0.456. The Morgan fingerprint density at radius 2 is 1.74 bits per heavy atom. The summed E-state index contributed by atoms with van der Waals surface area (Å²) in [7, 11) is 0. The van der Waals surface area contributed by atoms with Crippen molar-refractivity contribution in [2.24, 2.45) is 5.73 Å². The first-order valence-corrected chi connectivity index (χ1v) is 11.9. The number of nitrogens with two attached hydrogens (primary N) is 1. The summed E-state index contributed by atoms with van der Waals surface area (Å²) in [6.45, 7) is 2.24. The molecule has 1 aromatic heterocycles. The molecule has 176 valence electrons. The normalized spacial score (nSPS) is 17.3. The van der Waals surface area contributed by atoms with Crippen molar-refractivity contribution in [3.05, 3.63) is 81.9 Å². The Labute approximate surface area is 201 Å². The number of benzene rings is 2. The molecule has 2 unspecified atom stereocenters. The number of carbonyl (C=O) groups excluding carboxylic acids is 3. The molecule has 3 aromatic rings. The number of anilines is 1. The molecule has 1 heterocycles. The minimum absolute atomic E-state index is 0.0417. The maximum absolute atomic E-state index is 13.0. The molecule has 1 aliphatic carbocycles. The molecule has 4 rings (SSSR count). The molecule has 1 saturated carbocycles. The number of nitrogens with zero attached hydrogens (tertiary/aromatic N) is 1. The summed E-state index contributed by atoms with van der Waals surface area (Å²) < 4.78 is 6.09. The molecule has 0 bridgehead atoms. The minimum Gasteiger partial charge on any atom is -0.371 e. The topological polar surface area (TPSA) is 123 Å². The lowest BCUT2D eigenvalue weighted by Gasteiger charge is -2.21. The number of rotatable bonds is 8. The van der Waals surface area contributed by atoms with E-state index >= 15 is 0 Å². The summed E-state index contributed by atoms with van der Waals surface area (Å²) in [6, 6.07) is 15.9. The third-order valence-corrected chi connectivity index (χ3v) is 6.80. The second-order valence-electron chi connectivity index (χ2n) is 8.18. The maximum atomic E-state index is 13.0. The molecule has 0 spiro atoms. The van der Waals surface area contributed by atoms with Crippen LogP contribution in [0, 0.1) is 6.92 Å². The number of aromatic nitrogens is 1. The van der Waals surface area contributed by atoms with Crippen molar-refractivity contribution >= 4 is 34.2 Å². The highest BCUT2D eigenvalue weighted by molar-refractivity contribution is 7.17. The number of primary amides is 1. The maximum Gasteiger partial charge on any atom is 0.263 e. The molecule has 0 radical (unpaired) electrons. The van der Waals surface area contributed by atoms with E-state index < -0.39 is 5.91 Å². The Balaban J connectivity index is 1.36. The zero-order chi connectivity index (χ0) is 24.1. The van der Waals surface area contributed by atoms with Gasteiger partial charge >= 0.3 is 0 Å². The standard InChI is InChI=1S/C25H26N4O4S/c1-15-21(34-25(27-15)29-23(31)18-12-10-17(11-13-18)22(26)30)24(32)28-19-8-5-9-20(19)33-14-16-6-3-2-4-7-16/h2-4,6-7,10-13,19-20H,5,8-9,14H2,1H3,(H2,26,30)(H,28,32)(H,27,29,31). The van der Waals surface area contributed by atoms with Gasteiger partial charge in [0.05, 0.1) is 24.4 Å². The van der Waals surface area contributed by atoms with Crippen LogP contribution >= 0.6 is 11.3 Å². The molecule has 1 aliphatic rings. The van der Waals surface area contributed by atoms with Crippen LogP contribution in [0.15, 0.2) is 54.6 Å². The predicted octanol–water partition coefficient (Wildman–Crippen LogP) is 3.67. The van der Waals surface area contributed by atoms with Crippen LogP contribution in [0.2, 0.25) is 0 Å². The monoisotopic (exact) mass is 478 g/mol. The number of amides is 3. The van der Waals surface area contributed by atoms with Gasteiger partial charge in [-0.2, -0.15) is 0 Å². The highest BCUT2D eigenvalue weighted by Gasteiger charge is 2.30. The van der Waals surface area contributed by atoms with Crippen LogP contribution in [-0.4, -0.2) is 34.9 Å². The van der Waals surface area contributed by atoms with Crippen LogP contribution in [0.1, 0.15) is 60.9 Å². The van der Waals surface area contributed by atoms with Gasteiger partial charge in [-0.15, -0.1) is 0 Å². The number of aryl methyl sites for hydroxylation is 1. The molecule has 1 fully saturated rings. The Bertz CT molecular complexity index is 1180. The SMILES string of the molecule is Cc1nc(NC(=O)c2ccc(C(N)=O)cc2)sc1C(=O)NC1CCCC1OCc1ccccc1. The highest BCUT2D eigenvalue weighted by Crippen LogP contribution is 2.27. The number of ether oxygens (including phenoxy) is 1. The number of hydrogen-bond donors (Lipinski definition) is 3. The second-order valence-corrected chi connectivity index (χ2v) is 9.17. The zero-order valence-corrected chi connectivity index (χ0v) is 19.6. The van der Waals surface area contributed by atoms with Crippen molar-refractivity contribution in [2.75, 3.05) is 5.32 Å². The van der Waals surface area contributed by atoms with E-state index in [1.165, 1.54) is 24.3 Å². The molecular weight excluding hydrogens is 452 g/mol. The van der Waals surface area contributed by atoms with E-state index in [0.29, 0.717) is 33.4 Å². The van der Waals surface area contributed by atoms with Crippen molar-refractivity contribution in [1.82, 2.24) is 10.3 Å². The van der Waals surface area contributed by atoms with E-state index in [4.69, 9.17) is 10.5 Å². The van der Waals surface area contributed by atoms with Crippen LogP contribution in [0.4, 0.5) is 5.13 Å². The van der Waals surface area contributed by atoms with Gasteiger partial charge in [-0.05, 0) is 56.0 Å². The average Bonchev–Trinajstić information content (AvgIpc) is 3.43. The van der Waals surface area contributed by atoms with Gasteiger partial charge in [-0.25, -0.2) is 4.98 Å². The molecule has 4 N–H and O–H groups in total. The van der Waals surface area contributed by atoms with Crippen molar-refractivity contribution in [3.63, 3.8) is 0 Å². The molecule has 34 heavy (non-hydrogen) atoms. The first-order valence-electron chi connectivity index (χ1n) is 11.1. The minimum atomic E-state index is -0.562. The third kappa shape index (κ3) is 5.67. The van der Waals surface area contributed by atoms with Gasteiger partial charge in [0.1, 0.15) is 4.88 Å². The van der Waals surface area contributed by atoms with Gasteiger partial charge in [-0.1, -0.05) is 41.7 Å². The van der Waals surface area contributed by atoms with Crippen molar-refractivity contribution in [2.45, 2.75) is 44.9 Å². The van der Waals surface area contributed by atoms with Gasteiger partial charge in [0, 0.05) is 11.1 Å². The Hall–Kier alpha value is -3.56. The smallest absolute Gasteiger partial charge is 0.263 e. The fraction of sp³-hybridized carbons (Fsp3) is 0.280. The van der Waals surface area contributed by atoms with Gasteiger partial charge in [0.2, 0.25) is 5.91 Å². The molecule has 8 nitrogen and oxygen atoms in total. The van der Waals surface area contributed by atoms with Crippen molar-refractivity contribution in [1.29, 1.82) is 0 Å². The Morgan fingerprint density at radius 1 is 1.03 bits per heavy atom. The van der Waals surface area contributed by atoms with Gasteiger partial charge < -0.3 is 15.8 Å². The molecule has 2 aromatic carbocycles. The van der Waals surface area contributed by atoms with Crippen LogP contribution in [0.5, 0.6) is 0 Å². The van der Waals surface area contributed by atoms with Crippen LogP contribution in [-0.2, 0) is 11.3 Å². The van der Waals surface area contributed by atoms with Crippen LogP contribution in [0.25, 0.3) is 0 Å². The summed E-state index contributed by atoms with van der Waals surface area (Å²) >= 11 is 1.12. The summed E-state index contributed by atoms with van der Waals surface area (Å²) in [6.07, 6.45) is 2.70. The van der Waals surface area contributed by atoms with E-state index in [0.717, 1.165) is 36.2 Å². The van der Waals surface area contributed by atoms with E-state index in [1.807, 2.05) is 30.3 Å². The zero-order valence-electron chi connectivity index (χ0n) is 18.7. The van der Waals surface area contributed by atoms with Gasteiger partial charge in [-0.3, -0.25) is 19.7 Å². The lowest BCUT2D eigenvalue weighted by atomic mass is 10.1. The molecule has 2 atom stereocenters. The first kappa shape index (κ1) is 23.6. The second kappa shape index (κ2) is 10.6. The summed E-state index contributed by atoms with van der Waals surface area (Å²) in [5.74, 6) is -1.17. The fourth-order valence-electron chi connectivity index (χ4n) is 3.92. The lowest BCUT2D eigenvalue weighted by Crippen LogP contribution is -2.41. The van der Waals surface area contributed by atoms with E-state index in [9.17, 15) is 14.4 Å². The number of carbonyl (C=O) groups is 3. The molecule has 0 saturated heterocycles. The number of nitrogens with one attached hydrogen (secondary N) is 2. The molecule has 9 heteroatoms. The van der Waals surface area contributed by atoms with Gasteiger partial charge in [0.25, 0.3) is 11.8 Å². The van der Waals surface area contributed by atoms with E-state index in [1.54, 1.807) is 6.92 Å². The van der Waals surface area contributed by atoms with Crippen molar-refractivity contribution < 1.29 is 19.1 Å². The predicted molar refractivity (Wildman–Crippen MR) is 130 cm³/mol.